The highest BCUT2D eigenvalue weighted by Gasteiger charge is 2.22. The number of aromatic nitrogens is 2. The van der Waals surface area contributed by atoms with Crippen molar-refractivity contribution in [3.63, 3.8) is 0 Å². The standard InChI is InChI=1S/C22H16N4O3/c1-26-19-11-14(7-9-20(19)29-12-21(26)27)23-22(28)13-6-8-17-18(10-13)25-16-5-3-2-4-15(16)24-17/h2-11H,12H2,1H3,(H,23,28). The smallest absolute Gasteiger partial charge is 0.264 e. The van der Waals surface area contributed by atoms with E-state index in [2.05, 4.69) is 15.3 Å². The lowest BCUT2D eigenvalue weighted by Gasteiger charge is -2.26. The number of anilines is 2. The zero-order chi connectivity index (χ0) is 20.0. The van der Waals surface area contributed by atoms with Crippen LogP contribution in [0.1, 0.15) is 10.4 Å². The summed E-state index contributed by atoms with van der Waals surface area (Å²) in [7, 11) is 1.68. The van der Waals surface area contributed by atoms with E-state index in [1.165, 1.54) is 4.90 Å². The minimum Gasteiger partial charge on any atom is -0.482 e. The fourth-order valence-corrected chi connectivity index (χ4v) is 3.31. The number of likely N-dealkylation sites (N-methyl/N-ethyl adjacent to an activating group) is 1. The number of benzene rings is 3. The second-order valence-electron chi connectivity index (χ2n) is 6.79. The SMILES string of the molecule is CN1C(=O)COc2ccc(NC(=O)c3ccc4nc5ccccc5nc4c3)cc21. The van der Waals surface area contributed by atoms with E-state index in [-0.39, 0.29) is 18.4 Å². The molecular weight excluding hydrogens is 368 g/mol. The summed E-state index contributed by atoms with van der Waals surface area (Å²) in [6.07, 6.45) is 0. The van der Waals surface area contributed by atoms with E-state index in [4.69, 9.17) is 4.74 Å². The fraction of sp³-hybridized carbons (Fsp3) is 0.0909. The van der Waals surface area contributed by atoms with Crippen molar-refractivity contribution >= 4 is 45.3 Å². The molecule has 3 aromatic carbocycles. The number of rotatable bonds is 2. The van der Waals surface area contributed by atoms with Crippen LogP contribution in [-0.4, -0.2) is 35.4 Å². The van der Waals surface area contributed by atoms with Crippen LogP contribution in [0, 0.1) is 0 Å². The first-order valence-electron chi connectivity index (χ1n) is 9.10. The maximum atomic E-state index is 12.8. The van der Waals surface area contributed by atoms with Crippen molar-refractivity contribution in [2.75, 3.05) is 23.9 Å². The summed E-state index contributed by atoms with van der Waals surface area (Å²) in [5.41, 5.74) is 4.64. The first kappa shape index (κ1) is 17.1. The molecule has 7 nitrogen and oxygen atoms in total. The van der Waals surface area contributed by atoms with Crippen molar-refractivity contribution in [3.05, 3.63) is 66.2 Å². The van der Waals surface area contributed by atoms with Crippen molar-refractivity contribution in [3.8, 4) is 5.75 Å². The molecule has 0 radical (unpaired) electrons. The third-order valence-corrected chi connectivity index (χ3v) is 4.90. The molecule has 0 saturated heterocycles. The Morgan fingerprint density at radius 1 is 0.966 bits per heavy atom. The minimum atomic E-state index is -0.271. The number of fused-ring (bicyclic) bond motifs is 3. The number of hydrogen-bond acceptors (Lipinski definition) is 5. The monoisotopic (exact) mass is 384 g/mol. The zero-order valence-electron chi connectivity index (χ0n) is 15.5. The topological polar surface area (TPSA) is 84.4 Å². The van der Waals surface area contributed by atoms with Crippen molar-refractivity contribution < 1.29 is 14.3 Å². The highest BCUT2D eigenvalue weighted by molar-refractivity contribution is 6.07. The number of nitrogens with zero attached hydrogens (tertiary/aromatic N) is 3. The molecule has 142 valence electrons. The molecule has 5 rings (SSSR count). The van der Waals surface area contributed by atoms with Gasteiger partial charge in [0, 0.05) is 18.3 Å². The van der Waals surface area contributed by atoms with E-state index in [0.717, 1.165) is 16.6 Å². The highest BCUT2D eigenvalue weighted by atomic mass is 16.5. The number of para-hydroxylation sites is 2. The van der Waals surface area contributed by atoms with Gasteiger partial charge in [0.1, 0.15) is 5.75 Å². The Bertz CT molecular complexity index is 1300. The van der Waals surface area contributed by atoms with Crippen LogP contribution in [0.25, 0.3) is 22.1 Å². The van der Waals surface area contributed by atoms with Gasteiger partial charge in [0.2, 0.25) is 0 Å². The maximum Gasteiger partial charge on any atom is 0.264 e. The van der Waals surface area contributed by atoms with Gasteiger partial charge in [0.05, 0.1) is 27.8 Å². The van der Waals surface area contributed by atoms with Gasteiger partial charge in [0.25, 0.3) is 11.8 Å². The molecule has 0 spiro atoms. The van der Waals surface area contributed by atoms with Crippen molar-refractivity contribution in [1.82, 2.24) is 9.97 Å². The minimum absolute atomic E-state index is 0.0159. The molecule has 1 aromatic heterocycles. The molecule has 7 heteroatoms. The molecule has 2 amide bonds. The summed E-state index contributed by atoms with van der Waals surface area (Å²) in [5.74, 6) is 0.201. The molecule has 1 aliphatic rings. The number of ether oxygens (including phenoxy) is 1. The normalized spacial score (nSPS) is 13.3. The predicted octanol–water partition coefficient (Wildman–Crippen LogP) is 3.39. The molecule has 0 bridgehead atoms. The lowest BCUT2D eigenvalue weighted by Crippen LogP contribution is -2.35. The van der Waals surface area contributed by atoms with Crippen LogP contribution in [0.5, 0.6) is 5.75 Å². The molecule has 0 atom stereocenters. The molecule has 4 aromatic rings. The summed E-state index contributed by atoms with van der Waals surface area (Å²) < 4.78 is 5.41. The molecule has 1 aliphatic heterocycles. The summed E-state index contributed by atoms with van der Waals surface area (Å²) >= 11 is 0. The number of hydrogen-bond donors (Lipinski definition) is 1. The van der Waals surface area contributed by atoms with Gasteiger partial charge in [-0.05, 0) is 48.5 Å². The third-order valence-electron chi connectivity index (χ3n) is 4.90. The average Bonchev–Trinajstić information content (AvgIpc) is 2.74. The lowest BCUT2D eigenvalue weighted by molar-refractivity contribution is -0.120. The number of carbonyl (C=O) groups excluding carboxylic acids is 2. The Hall–Kier alpha value is -4.00. The van der Waals surface area contributed by atoms with Gasteiger partial charge in [-0.3, -0.25) is 9.59 Å². The van der Waals surface area contributed by atoms with Crippen LogP contribution in [0.15, 0.2) is 60.7 Å². The van der Waals surface area contributed by atoms with Crippen LogP contribution >= 0.6 is 0 Å². The molecule has 29 heavy (non-hydrogen) atoms. The summed E-state index contributed by atoms with van der Waals surface area (Å²) in [6, 6.07) is 18.1. The van der Waals surface area contributed by atoms with Crippen LogP contribution in [0.2, 0.25) is 0 Å². The fourth-order valence-electron chi connectivity index (χ4n) is 3.31. The van der Waals surface area contributed by atoms with Gasteiger partial charge >= 0.3 is 0 Å². The first-order chi connectivity index (χ1) is 14.1. The molecule has 0 unspecified atom stereocenters. The van der Waals surface area contributed by atoms with Crippen LogP contribution in [-0.2, 0) is 4.79 Å². The van der Waals surface area contributed by atoms with Gasteiger partial charge in [-0.2, -0.15) is 0 Å². The van der Waals surface area contributed by atoms with E-state index >= 15 is 0 Å². The third kappa shape index (κ3) is 3.02. The van der Waals surface area contributed by atoms with E-state index in [1.54, 1.807) is 43.4 Å². The lowest BCUT2D eigenvalue weighted by atomic mass is 10.1. The number of carbonyl (C=O) groups is 2. The number of nitrogens with one attached hydrogen (secondary N) is 1. The second-order valence-corrected chi connectivity index (χ2v) is 6.79. The van der Waals surface area contributed by atoms with E-state index in [1.807, 2.05) is 24.3 Å². The Morgan fingerprint density at radius 3 is 2.48 bits per heavy atom. The van der Waals surface area contributed by atoms with Gasteiger partial charge in [-0.1, -0.05) is 12.1 Å². The van der Waals surface area contributed by atoms with Crippen LogP contribution in [0.4, 0.5) is 11.4 Å². The van der Waals surface area contributed by atoms with Crippen molar-refractivity contribution in [2.45, 2.75) is 0 Å². The highest BCUT2D eigenvalue weighted by Crippen LogP contribution is 2.33. The first-order valence-corrected chi connectivity index (χ1v) is 9.10. The predicted molar refractivity (Wildman–Crippen MR) is 110 cm³/mol. The average molecular weight is 384 g/mol. The molecule has 0 fully saturated rings. The van der Waals surface area contributed by atoms with Gasteiger partial charge in [-0.25, -0.2) is 9.97 Å². The van der Waals surface area contributed by atoms with Crippen LogP contribution in [0.3, 0.4) is 0 Å². The van der Waals surface area contributed by atoms with Gasteiger partial charge in [-0.15, -0.1) is 0 Å². The zero-order valence-corrected chi connectivity index (χ0v) is 15.5. The van der Waals surface area contributed by atoms with Gasteiger partial charge < -0.3 is 15.0 Å². The van der Waals surface area contributed by atoms with Crippen molar-refractivity contribution in [1.29, 1.82) is 0 Å². The Morgan fingerprint density at radius 2 is 1.69 bits per heavy atom. The second kappa shape index (κ2) is 6.56. The summed E-state index contributed by atoms with van der Waals surface area (Å²) in [5, 5.41) is 2.86. The largest absolute Gasteiger partial charge is 0.482 e. The Kier molecular flexibility index (Phi) is 3.87. The Labute approximate surface area is 165 Å². The van der Waals surface area contributed by atoms with Crippen LogP contribution < -0.4 is 15.0 Å². The Balaban J connectivity index is 1.45. The van der Waals surface area contributed by atoms with Crippen molar-refractivity contribution in [2.24, 2.45) is 0 Å². The molecule has 1 N–H and O–H groups in total. The van der Waals surface area contributed by atoms with Gasteiger partial charge in [0.15, 0.2) is 6.61 Å². The summed E-state index contributed by atoms with van der Waals surface area (Å²) in [6.45, 7) is 0.0159. The molecular formula is C22H16N4O3. The van der Waals surface area contributed by atoms with E-state index in [9.17, 15) is 9.59 Å². The molecule has 0 aliphatic carbocycles. The molecule has 0 saturated carbocycles. The van der Waals surface area contributed by atoms with E-state index in [0.29, 0.717) is 28.2 Å². The maximum absolute atomic E-state index is 12.8. The molecule has 2 heterocycles. The summed E-state index contributed by atoms with van der Waals surface area (Å²) in [4.78, 5) is 35.3. The number of amides is 2. The van der Waals surface area contributed by atoms with E-state index < -0.39 is 0 Å². The quantitative estimate of drug-likeness (QED) is 0.536.